The molecule has 0 bridgehead atoms. The van der Waals surface area contributed by atoms with Crippen LogP contribution in [-0.2, 0) is 11.2 Å². The van der Waals surface area contributed by atoms with Crippen LogP contribution in [0.3, 0.4) is 0 Å². The number of likely N-dealkylation sites (N-methyl/N-ethyl adjacent to an activating group) is 1. The quantitative estimate of drug-likeness (QED) is 0.750. The van der Waals surface area contributed by atoms with Crippen molar-refractivity contribution in [2.75, 3.05) is 18.9 Å². The van der Waals surface area contributed by atoms with Gasteiger partial charge in [-0.3, -0.25) is 4.79 Å². The average Bonchev–Trinajstić information content (AvgIpc) is 2.97. The Hall–Kier alpha value is -1.39. The molecule has 0 radical (unpaired) electrons. The van der Waals surface area contributed by atoms with E-state index in [-0.39, 0.29) is 5.91 Å². The van der Waals surface area contributed by atoms with Gasteiger partial charge in [0.25, 0.3) is 0 Å². The number of anilines is 1. The smallest absolute Gasteiger partial charge is 0.228 e. The van der Waals surface area contributed by atoms with Crippen molar-refractivity contribution < 1.29 is 4.79 Å². The Bertz CT molecular complexity index is 466. The van der Waals surface area contributed by atoms with Crippen molar-refractivity contribution >= 4 is 11.6 Å². The van der Waals surface area contributed by atoms with Gasteiger partial charge in [0.2, 0.25) is 5.91 Å². The fourth-order valence-electron chi connectivity index (χ4n) is 3.04. The third-order valence-electron chi connectivity index (χ3n) is 3.93. The van der Waals surface area contributed by atoms with Gasteiger partial charge in [-0.2, -0.15) is 0 Å². The Balaban J connectivity index is 1.87. The van der Waals surface area contributed by atoms with Crippen molar-refractivity contribution in [3.05, 3.63) is 29.3 Å². The fraction of sp³-hybridized carbons (Fsp3) is 0.500. The molecule has 1 aromatic rings. The molecule has 2 heterocycles. The summed E-state index contributed by atoms with van der Waals surface area (Å²) in [4.78, 5) is 11.4. The maximum absolute atomic E-state index is 11.4. The van der Waals surface area contributed by atoms with E-state index in [1.165, 1.54) is 18.4 Å². The number of nitrogens with one attached hydrogen (secondary N) is 3. The maximum Gasteiger partial charge on any atom is 0.228 e. The molecular formula is C14H19N3O. The van der Waals surface area contributed by atoms with Gasteiger partial charge in [-0.15, -0.1) is 0 Å². The predicted octanol–water partition coefficient (Wildman–Crippen LogP) is 1.19. The largest absolute Gasteiger partial charge is 0.326 e. The second-order valence-corrected chi connectivity index (χ2v) is 5.11. The summed E-state index contributed by atoms with van der Waals surface area (Å²) in [5.41, 5.74) is 3.36. The Labute approximate surface area is 107 Å². The molecule has 1 amide bonds. The molecule has 2 aliphatic rings. The van der Waals surface area contributed by atoms with E-state index in [2.05, 4.69) is 28.1 Å². The van der Waals surface area contributed by atoms with E-state index in [1.54, 1.807) is 0 Å². The van der Waals surface area contributed by atoms with Gasteiger partial charge in [0, 0.05) is 17.8 Å². The summed E-state index contributed by atoms with van der Waals surface area (Å²) in [7, 11) is 2.00. The summed E-state index contributed by atoms with van der Waals surface area (Å²) < 4.78 is 0. The minimum absolute atomic E-state index is 0.0992. The summed E-state index contributed by atoms with van der Waals surface area (Å²) in [5, 5.41) is 9.81. The van der Waals surface area contributed by atoms with E-state index in [9.17, 15) is 4.79 Å². The Morgan fingerprint density at radius 2 is 2.33 bits per heavy atom. The zero-order chi connectivity index (χ0) is 12.5. The second-order valence-electron chi connectivity index (χ2n) is 5.11. The molecule has 4 heteroatoms. The molecule has 2 aliphatic heterocycles. The van der Waals surface area contributed by atoms with E-state index in [0.29, 0.717) is 18.5 Å². The van der Waals surface area contributed by atoms with Gasteiger partial charge in [-0.1, -0.05) is 12.1 Å². The standard InChI is InChI=1S/C14H19N3O/c1-15-14(12-3-2-6-16-12)9-4-5-11-10(7-9)8-13(18)17-11/h4-5,7,12,14-16H,2-3,6,8H2,1H3,(H,17,18). The predicted molar refractivity (Wildman–Crippen MR) is 71.6 cm³/mol. The van der Waals surface area contributed by atoms with E-state index >= 15 is 0 Å². The van der Waals surface area contributed by atoms with Gasteiger partial charge < -0.3 is 16.0 Å². The van der Waals surface area contributed by atoms with Crippen molar-refractivity contribution in [2.24, 2.45) is 0 Å². The zero-order valence-corrected chi connectivity index (χ0v) is 10.6. The van der Waals surface area contributed by atoms with Gasteiger partial charge >= 0.3 is 0 Å². The molecule has 96 valence electrons. The minimum Gasteiger partial charge on any atom is -0.326 e. The lowest BCUT2D eigenvalue weighted by atomic mass is 9.96. The van der Waals surface area contributed by atoms with Crippen LogP contribution in [0.5, 0.6) is 0 Å². The van der Waals surface area contributed by atoms with Crippen LogP contribution in [0.1, 0.15) is 30.0 Å². The minimum atomic E-state index is 0.0992. The highest BCUT2D eigenvalue weighted by atomic mass is 16.1. The molecule has 1 aromatic carbocycles. The molecule has 1 saturated heterocycles. The molecule has 2 unspecified atom stereocenters. The number of amides is 1. The van der Waals surface area contributed by atoms with E-state index in [1.807, 2.05) is 13.1 Å². The Morgan fingerprint density at radius 1 is 1.44 bits per heavy atom. The molecule has 3 N–H and O–H groups in total. The maximum atomic E-state index is 11.4. The number of fused-ring (bicyclic) bond motifs is 1. The molecular weight excluding hydrogens is 226 g/mol. The summed E-state index contributed by atoms with van der Waals surface area (Å²) in [6.45, 7) is 1.10. The summed E-state index contributed by atoms with van der Waals surface area (Å²) in [6, 6.07) is 7.13. The molecule has 0 spiro atoms. The van der Waals surface area contributed by atoms with Crippen molar-refractivity contribution in [1.29, 1.82) is 0 Å². The molecule has 0 saturated carbocycles. The summed E-state index contributed by atoms with van der Waals surface area (Å²) >= 11 is 0. The SMILES string of the molecule is CNC(c1ccc2c(c1)CC(=O)N2)C1CCCN1. The van der Waals surface area contributed by atoms with Crippen molar-refractivity contribution in [2.45, 2.75) is 31.3 Å². The molecule has 0 aromatic heterocycles. The van der Waals surface area contributed by atoms with Crippen molar-refractivity contribution in [1.82, 2.24) is 10.6 Å². The molecule has 3 rings (SSSR count). The van der Waals surface area contributed by atoms with Crippen LogP contribution in [0.15, 0.2) is 18.2 Å². The lowest BCUT2D eigenvalue weighted by Crippen LogP contribution is -2.36. The third kappa shape index (κ3) is 2.02. The van der Waals surface area contributed by atoms with Gasteiger partial charge in [0.05, 0.1) is 6.42 Å². The normalized spacial score (nSPS) is 23.8. The van der Waals surface area contributed by atoms with Crippen LogP contribution in [0.25, 0.3) is 0 Å². The highest BCUT2D eigenvalue weighted by Gasteiger charge is 2.26. The van der Waals surface area contributed by atoms with Crippen molar-refractivity contribution in [3.8, 4) is 0 Å². The summed E-state index contributed by atoms with van der Waals surface area (Å²) in [6.07, 6.45) is 2.96. The average molecular weight is 245 g/mol. The Kier molecular flexibility index (Phi) is 3.06. The lowest BCUT2D eigenvalue weighted by Gasteiger charge is -2.24. The monoisotopic (exact) mass is 245 g/mol. The Morgan fingerprint density at radius 3 is 3.06 bits per heavy atom. The summed E-state index contributed by atoms with van der Waals surface area (Å²) in [5.74, 6) is 0.0992. The molecule has 1 fully saturated rings. The number of rotatable bonds is 3. The first-order chi connectivity index (χ1) is 8.78. The first-order valence-corrected chi connectivity index (χ1v) is 6.61. The number of hydrogen-bond acceptors (Lipinski definition) is 3. The fourth-order valence-corrected chi connectivity index (χ4v) is 3.04. The van der Waals surface area contributed by atoms with E-state index in [4.69, 9.17) is 0 Å². The van der Waals surface area contributed by atoms with Gasteiger partial charge in [-0.25, -0.2) is 0 Å². The number of carbonyl (C=O) groups excluding carboxylic acids is 1. The van der Waals surface area contributed by atoms with Crippen LogP contribution in [0.2, 0.25) is 0 Å². The number of hydrogen-bond donors (Lipinski definition) is 3. The molecule has 0 aliphatic carbocycles. The van der Waals surface area contributed by atoms with Crippen LogP contribution in [-0.4, -0.2) is 25.5 Å². The highest BCUT2D eigenvalue weighted by molar-refractivity contribution is 5.99. The number of benzene rings is 1. The van der Waals surface area contributed by atoms with Crippen molar-refractivity contribution in [3.63, 3.8) is 0 Å². The van der Waals surface area contributed by atoms with Gasteiger partial charge in [-0.05, 0) is 43.6 Å². The topological polar surface area (TPSA) is 53.2 Å². The highest BCUT2D eigenvalue weighted by Crippen LogP contribution is 2.29. The zero-order valence-electron chi connectivity index (χ0n) is 10.6. The second kappa shape index (κ2) is 4.71. The third-order valence-corrected chi connectivity index (χ3v) is 3.93. The van der Waals surface area contributed by atoms with Crippen LogP contribution < -0.4 is 16.0 Å². The first-order valence-electron chi connectivity index (χ1n) is 6.61. The lowest BCUT2D eigenvalue weighted by molar-refractivity contribution is -0.115. The van der Waals surface area contributed by atoms with Crippen LogP contribution >= 0.6 is 0 Å². The first kappa shape index (κ1) is 11.7. The molecule has 4 nitrogen and oxygen atoms in total. The molecule has 18 heavy (non-hydrogen) atoms. The number of carbonyl (C=O) groups is 1. The van der Waals surface area contributed by atoms with Gasteiger partial charge in [0.15, 0.2) is 0 Å². The van der Waals surface area contributed by atoms with Gasteiger partial charge in [0.1, 0.15) is 0 Å². The van der Waals surface area contributed by atoms with Crippen LogP contribution in [0.4, 0.5) is 5.69 Å². The van der Waals surface area contributed by atoms with Crippen LogP contribution in [0, 0.1) is 0 Å². The van der Waals surface area contributed by atoms with E-state index in [0.717, 1.165) is 17.8 Å². The van der Waals surface area contributed by atoms with E-state index < -0.39 is 0 Å². The molecule has 2 atom stereocenters.